The molecule has 0 aliphatic carbocycles. The predicted octanol–water partition coefficient (Wildman–Crippen LogP) is 2.37. The van der Waals surface area contributed by atoms with Crippen molar-refractivity contribution in [1.29, 1.82) is 0 Å². The lowest BCUT2D eigenvalue weighted by molar-refractivity contribution is -0.274. The predicted molar refractivity (Wildman–Crippen MR) is 65.7 cm³/mol. The zero-order chi connectivity index (χ0) is 13.9. The molecule has 1 aromatic rings. The molecule has 1 saturated heterocycles. The van der Waals surface area contributed by atoms with Crippen molar-refractivity contribution in [1.82, 2.24) is 10.2 Å². The highest BCUT2D eigenvalue weighted by molar-refractivity contribution is 5.30. The number of nitrogens with one attached hydrogen (secondary N) is 1. The third-order valence-corrected chi connectivity index (χ3v) is 3.14. The van der Waals surface area contributed by atoms with Crippen LogP contribution in [0.5, 0.6) is 5.75 Å². The van der Waals surface area contributed by atoms with E-state index in [9.17, 15) is 13.2 Å². The van der Waals surface area contributed by atoms with E-state index in [1.165, 1.54) is 12.1 Å². The molecule has 1 N–H and O–H groups in total. The van der Waals surface area contributed by atoms with Crippen molar-refractivity contribution < 1.29 is 17.9 Å². The lowest BCUT2D eigenvalue weighted by atomic mass is 10.0. The van der Waals surface area contributed by atoms with Gasteiger partial charge in [0.15, 0.2) is 0 Å². The van der Waals surface area contributed by atoms with Crippen LogP contribution in [0, 0.1) is 6.92 Å². The molecule has 1 aromatic carbocycles. The molecule has 0 saturated carbocycles. The molecule has 19 heavy (non-hydrogen) atoms. The fourth-order valence-corrected chi connectivity index (χ4v) is 2.23. The maximum atomic E-state index is 12.1. The van der Waals surface area contributed by atoms with Gasteiger partial charge in [-0.15, -0.1) is 13.2 Å². The van der Waals surface area contributed by atoms with Gasteiger partial charge >= 0.3 is 6.36 Å². The highest BCUT2D eigenvalue weighted by Gasteiger charge is 2.31. The summed E-state index contributed by atoms with van der Waals surface area (Å²) >= 11 is 0. The Balaban J connectivity index is 2.08. The zero-order valence-electron chi connectivity index (χ0n) is 10.4. The van der Waals surface area contributed by atoms with Gasteiger partial charge in [-0.2, -0.15) is 0 Å². The van der Waals surface area contributed by atoms with E-state index in [1.807, 2.05) is 0 Å². The van der Waals surface area contributed by atoms with Crippen LogP contribution < -0.4 is 10.1 Å². The molecule has 1 aliphatic rings. The van der Waals surface area contributed by atoms with Crippen molar-refractivity contribution in [3.63, 3.8) is 0 Å². The molecule has 0 spiro atoms. The SMILES string of the molecule is [CH2]CN1CCNCC1c1ccc(OC(F)(F)F)cc1. The molecule has 0 aromatic heterocycles. The highest BCUT2D eigenvalue weighted by atomic mass is 19.4. The molecule has 1 unspecified atom stereocenters. The average molecular weight is 273 g/mol. The lowest BCUT2D eigenvalue weighted by Crippen LogP contribution is -2.45. The second kappa shape index (κ2) is 5.79. The summed E-state index contributed by atoms with van der Waals surface area (Å²) in [4.78, 5) is 2.19. The van der Waals surface area contributed by atoms with Gasteiger partial charge in [-0.05, 0) is 31.2 Å². The summed E-state index contributed by atoms with van der Waals surface area (Å²) in [6.45, 7) is 7.11. The van der Waals surface area contributed by atoms with Gasteiger partial charge in [0.1, 0.15) is 5.75 Å². The highest BCUT2D eigenvalue weighted by Crippen LogP contribution is 2.27. The Hall–Kier alpha value is -1.27. The Morgan fingerprint density at radius 1 is 1.32 bits per heavy atom. The normalized spacial score (nSPS) is 21.4. The minimum Gasteiger partial charge on any atom is -0.406 e. The number of hydrogen-bond donors (Lipinski definition) is 1. The van der Waals surface area contributed by atoms with Crippen LogP contribution in [-0.4, -0.2) is 37.4 Å². The Morgan fingerprint density at radius 2 is 2.00 bits per heavy atom. The molecule has 1 fully saturated rings. The summed E-state index contributed by atoms with van der Waals surface area (Å²) in [6.07, 6.45) is -4.65. The van der Waals surface area contributed by atoms with Crippen LogP contribution in [-0.2, 0) is 0 Å². The first-order valence-electron chi connectivity index (χ1n) is 6.09. The number of nitrogens with zero attached hydrogens (tertiary/aromatic N) is 1. The quantitative estimate of drug-likeness (QED) is 0.915. The van der Waals surface area contributed by atoms with Crippen LogP contribution in [0.1, 0.15) is 11.6 Å². The number of rotatable bonds is 3. The van der Waals surface area contributed by atoms with Crippen LogP contribution in [0.25, 0.3) is 0 Å². The van der Waals surface area contributed by atoms with Gasteiger partial charge in [0.05, 0.1) is 0 Å². The molecule has 1 aliphatic heterocycles. The van der Waals surface area contributed by atoms with Crippen LogP contribution in [0.3, 0.4) is 0 Å². The first kappa shape index (κ1) is 14.1. The van der Waals surface area contributed by atoms with Crippen LogP contribution in [0.15, 0.2) is 24.3 Å². The van der Waals surface area contributed by atoms with Crippen molar-refractivity contribution in [2.45, 2.75) is 12.4 Å². The van der Waals surface area contributed by atoms with Crippen molar-refractivity contribution in [2.24, 2.45) is 0 Å². The zero-order valence-corrected chi connectivity index (χ0v) is 10.4. The number of hydrogen-bond acceptors (Lipinski definition) is 3. The molecule has 1 radical (unpaired) electrons. The second-order valence-corrected chi connectivity index (χ2v) is 4.37. The summed E-state index contributed by atoms with van der Waals surface area (Å²) < 4.78 is 40.0. The monoisotopic (exact) mass is 273 g/mol. The Morgan fingerprint density at radius 3 is 2.58 bits per heavy atom. The Bertz CT molecular complexity index is 405. The second-order valence-electron chi connectivity index (χ2n) is 4.37. The lowest BCUT2D eigenvalue weighted by Gasteiger charge is -2.35. The number of piperazine rings is 1. The van der Waals surface area contributed by atoms with Crippen LogP contribution in [0.2, 0.25) is 0 Å². The summed E-state index contributed by atoms with van der Waals surface area (Å²) in [7, 11) is 0. The van der Waals surface area contributed by atoms with Crippen molar-refractivity contribution in [3.8, 4) is 5.75 Å². The van der Waals surface area contributed by atoms with E-state index in [1.54, 1.807) is 12.1 Å². The number of alkyl halides is 3. The third kappa shape index (κ3) is 3.84. The molecule has 1 atom stereocenters. The molecule has 0 amide bonds. The fourth-order valence-electron chi connectivity index (χ4n) is 2.23. The van der Waals surface area contributed by atoms with E-state index in [-0.39, 0.29) is 11.8 Å². The molecule has 2 rings (SSSR count). The maximum Gasteiger partial charge on any atom is 0.573 e. The van der Waals surface area contributed by atoms with Gasteiger partial charge in [0.25, 0.3) is 0 Å². The molecular weight excluding hydrogens is 257 g/mol. The van der Waals surface area contributed by atoms with E-state index in [0.717, 1.165) is 25.2 Å². The number of benzene rings is 1. The Kier molecular flexibility index (Phi) is 4.31. The largest absolute Gasteiger partial charge is 0.573 e. The van der Waals surface area contributed by atoms with Crippen molar-refractivity contribution in [3.05, 3.63) is 36.8 Å². The van der Waals surface area contributed by atoms with Gasteiger partial charge in [-0.3, -0.25) is 4.90 Å². The van der Waals surface area contributed by atoms with Crippen LogP contribution in [0.4, 0.5) is 13.2 Å². The van der Waals surface area contributed by atoms with E-state index in [2.05, 4.69) is 21.9 Å². The fraction of sp³-hybridized carbons (Fsp3) is 0.462. The maximum absolute atomic E-state index is 12.1. The van der Waals surface area contributed by atoms with E-state index >= 15 is 0 Å². The van der Waals surface area contributed by atoms with Crippen LogP contribution >= 0.6 is 0 Å². The smallest absolute Gasteiger partial charge is 0.406 e. The number of ether oxygens (including phenoxy) is 1. The summed E-state index contributed by atoms with van der Waals surface area (Å²) in [5, 5.41) is 3.27. The van der Waals surface area contributed by atoms with Gasteiger partial charge in [-0.1, -0.05) is 12.1 Å². The van der Waals surface area contributed by atoms with Gasteiger partial charge in [0, 0.05) is 25.7 Å². The van der Waals surface area contributed by atoms with Crippen molar-refractivity contribution >= 4 is 0 Å². The molecular formula is C13H16F3N2O. The molecule has 3 nitrogen and oxygen atoms in total. The van der Waals surface area contributed by atoms with E-state index in [4.69, 9.17) is 0 Å². The summed E-state index contributed by atoms with van der Waals surface area (Å²) in [5.41, 5.74) is 0.963. The summed E-state index contributed by atoms with van der Waals surface area (Å²) in [5.74, 6) is -0.193. The molecule has 1 heterocycles. The third-order valence-electron chi connectivity index (χ3n) is 3.14. The van der Waals surface area contributed by atoms with Gasteiger partial charge in [0.2, 0.25) is 0 Å². The van der Waals surface area contributed by atoms with Gasteiger partial charge < -0.3 is 10.1 Å². The van der Waals surface area contributed by atoms with Crippen molar-refractivity contribution in [2.75, 3.05) is 26.2 Å². The Labute approximate surface area is 110 Å². The minimum absolute atomic E-state index is 0.145. The van der Waals surface area contributed by atoms with E-state index in [0.29, 0.717) is 6.54 Å². The average Bonchev–Trinajstić information content (AvgIpc) is 2.38. The molecule has 6 heteroatoms. The van der Waals surface area contributed by atoms with Gasteiger partial charge in [-0.25, -0.2) is 0 Å². The van der Waals surface area contributed by atoms with E-state index < -0.39 is 6.36 Å². The molecule has 105 valence electrons. The summed E-state index contributed by atoms with van der Waals surface area (Å²) in [6, 6.07) is 6.17. The first-order chi connectivity index (χ1) is 8.99. The standard InChI is InChI=1S/C13H16F3N2O/c1-2-18-8-7-17-9-12(18)10-3-5-11(6-4-10)19-13(14,15)16/h3-6,12,17H,1-2,7-9H2. The minimum atomic E-state index is -4.65. The first-order valence-corrected chi connectivity index (χ1v) is 6.09. The molecule has 0 bridgehead atoms. The topological polar surface area (TPSA) is 24.5 Å². The number of halogens is 3.